The van der Waals surface area contributed by atoms with Crippen LogP contribution in [-0.2, 0) is 10.4 Å². The van der Waals surface area contributed by atoms with Gasteiger partial charge in [-0.3, -0.25) is 4.79 Å². The molecule has 0 saturated heterocycles. The summed E-state index contributed by atoms with van der Waals surface area (Å²) in [5, 5.41) is 12.6. The largest absolute Gasteiger partial charge is 0.484 e. The van der Waals surface area contributed by atoms with Gasteiger partial charge in [0.15, 0.2) is 6.61 Å². The minimum Gasteiger partial charge on any atom is -0.484 e. The Bertz CT molecular complexity index is 707. The van der Waals surface area contributed by atoms with E-state index in [4.69, 9.17) is 16.3 Å². The Morgan fingerprint density at radius 3 is 2.24 bits per heavy atom. The van der Waals surface area contributed by atoms with E-state index >= 15 is 0 Å². The molecule has 134 valence electrons. The van der Waals surface area contributed by atoms with E-state index in [0.717, 1.165) is 12.1 Å². The summed E-state index contributed by atoms with van der Waals surface area (Å²) in [6.45, 7) is -1.52. The zero-order valence-corrected chi connectivity index (χ0v) is 13.6. The van der Waals surface area contributed by atoms with E-state index in [2.05, 4.69) is 0 Å². The topological polar surface area (TPSA) is 58.6 Å². The van der Waals surface area contributed by atoms with E-state index in [-0.39, 0.29) is 5.56 Å². The lowest BCUT2D eigenvalue weighted by molar-refractivity contribution is -0.264. The molecule has 4 nitrogen and oxygen atoms in total. The molecule has 2 aromatic rings. The summed E-state index contributed by atoms with van der Waals surface area (Å²) in [5.74, 6) is -0.456. The molecule has 2 aromatic carbocycles. The van der Waals surface area contributed by atoms with Gasteiger partial charge in [-0.1, -0.05) is 41.9 Å². The second-order valence-corrected chi connectivity index (χ2v) is 5.68. The Hall–Kier alpha value is -2.25. The molecule has 1 atom stereocenters. The van der Waals surface area contributed by atoms with Crippen molar-refractivity contribution in [1.82, 2.24) is 5.32 Å². The number of hydrogen-bond donors (Lipinski definition) is 2. The summed E-state index contributed by atoms with van der Waals surface area (Å²) in [5.41, 5.74) is -3.55. The average Bonchev–Trinajstić information content (AvgIpc) is 2.59. The van der Waals surface area contributed by atoms with Crippen LogP contribution in [0.4, 0.5) is 13.2 Å². The van der Waals surface area contributed by atoms with Crippen molar-refractivity contribution in [3.05, 3.63) is 65.2 Å². The van der Waals surface area contributed by atoms with Crippen LogP contribution in [0, 0.1) is 0 Å². The molecular weight excluding hydrogens is 359 g/mol. The predicted molar refractivity (Wildman–Crippen MR) is 86.4 cm³/mol. The number of amides is 1. The van der Waals surface area contributed by atoms with Crippen LogP contribution in [0.1, 0.15) is 5.56 Å². The maximum Gasteiger partial charge on any atom is 0.423 e. The molecule has 0 aliphatic rings. The number of carbonyl (C=O) groups is 1. The van der Waals surface area contributed by atoms with Crippen molar-refractivity contribution in [2.24, 2.45) is 0 Å². The van der Waals surface area contributed by atoms with Gasteiger partial charge in [-0.25, -0.2) is 0 Å². The van der Waals surface area contributed by atoms with Gasteiger partial charge in [-0.15, -0.1) is 0 Å². The molecule has 1 amide bonds. The van der Waals surface area contributed by atoms with Gasteiger partial charge < -0.3 is 15.2 Å². The van der Waals surface area contributed by atoms with Crippen LogP contribution in [0.5, 0.6) is 5.75 Å². The summed E-state index contributed by atoms with van der Waals surface area (Å²) in [6, 6.07) is 12.7. The van der Waals surface area contributed by atoms with Gasteiger partial charge in [-0.2, -0.15) is 13.2 Å². The van der Waals surface area contributed by atoms with Crippen molar-refractivity contribution >= 4 is 17.5 Å². The van der Waals surface area contributed by atoms with Crippen LogP contribution in [0.15, 0.2) is 54.6 Å². The van der Waals surface area contributed by atoms with Crippen LogP contribution < -0.4 is 10.1 Å². The van der Waals surface area contributed by atoms with Gasteiger partial charge in [-0.05, 0) is 29.8 Å². The number of halogens is 4. The van der Waals surface area contributed by atoms with Crippen molar-refractivity contribution in [2.75, 3.05) is 13.2 Å². The number of aliphatic hydroxyl groups is 1. The summed E-state index contributed by atoms with van der Waals surface area (Å²) >= 11 is 5.71. The third-order valence-corrected chi connectivity index (χ3v) is 3.70. The van der Waals surface area contributed by atoms with Crippen molar-refractivity contribution in [3.63, 3.8) is 0 Å². The fourth-order valence-electron chi connectivity index (χ4n) is 2.04. The van der Waals surface area contributed by atoms with Gasteiger partial charge in [0.2, 0.25) is 5.60 Å². The fraction of sp³-hybridized carbons (Fsp3) is 0.235. The Morgan fingerprint density at radius 2 is 1.68 bits per heavy atom. The van der Waals surface area contributed by atoms with Crippen LogP contribution in [0.2, 0.25) is 5.02 Å². The first kappa shape index (κ1) is 19.1. The number of carbonyl (C=O) groups excluding carboxylic acids is 1. The third kappa shape index (κ3) is 4.87. The number of nitrogens with one attached hydrogen (secondary N) is 1. The molecule has 0 bridgehead atoms. The average molecular weight is 374 g/mol. The summed E-state index contributed by atoms with van der Waals surface area (Å²) in [6.07, 6.45) is -4.96. The molecule has 0 aromatic heterocycles. The minimum atomic E-state index is -4.96. The number of hydrogen-bond acceptors (Lipinski definition) is 3. The van der Waals surface area contributed by atoms with Gasteiger partial charge in [0.05, 0.1) is 6.54 Å². The molecule has 25 heavy (non-hydrogen) atoms. The lowest BCUT2D eigenvalue weighted by Gasteiger charge is -2.31. The van der Waals surface area contributed by atoms with Gasteiger partial charge in [0, 0.05) is 5.02 Å². The molecule has 0 saturated carbocycles. The number of ether oxygens (including phenoxy) is 1. The van der Waals surface area contributed by atoms with Crippen LogP contribution in [0.25, 0.3) is 0 Å². The SMILES string of the molecule is O=C(COc1ccc(Cl)cc1)NCC(O)(c1ccccc1)C(F)(F)F. The van der Waals surface area contributed by atoms with Gasteiger partial charge >= 0.3 is 6.18 Å². The standard InChI is InChI=1S/C17H15ClF3NO3/c18-13-6-8-14(9-7-13)25-10-15(23)22-11-16(24,17(19,20)21)12-4-2-1-3-5-12/h1-9,24H,10-11H2,(H,22,23). The zero-order chi connectivity index (χ0) is 18.5. The second kappa shape index (κ2) is 7.76. The summed E-state index contributed by atoms with van der Waals surface area (Å²) in [4.78, 5) is 11.7. The van der Waals surface area contributed by atoms with Crippen molar-refractivity contribution in [1.29, 1.82) is 0 Å². The van der Waals surface area contributed by atoms with Crippen LogP contribution in [0.3, 0.4) is 0 Å². The lowest BCUT2D eigenvalue weighted by Crippen LogP contribution is -2.51. The molecule has 1 unspecified atom stereocenters. The summed E-state index contributed by atoms with van der Waals surface area (Å²) in [7, 11) is 0. The van der Waals surface area contributed by atoms with E-state index < -0.39 is 30.8 Å². The molecule has 0 aliphatic heterocycles. The Balaban J connectivity index is 1.98. The highest BCUT2D eigenvalue weighted by Crippen LogP contribution is 2.38. The Morgan fingerprint density at radius 1 is 1.08 bits per heavy atom. The maximum absolute atomic E-state index is 13.3. The van der Waals surface area contributed by atoms with Gasteiger partial charge in [0.25, 0.3) is 5.91 Å². The number of alkyl halides is 3. The quantitative estimate of drug-likeness (QED) is 0.817. The molecular formula is C17H15ClF3NO3. The maximum atomic E-state index is 13.3. The van der Waals surface area contributed by atoms with E-state index in [9.17, 15) is 23.1 Å². The van der Waals surface area contributed by atoms with Gasteiger partial charge in [0.1, 0.15) is 5.75 Å². The molecule has 8 heteroatoms. The highest BCUT2D eigenvalue weighted by Gasteiger charge is 2.55. The molecule has 0 radical (unpaired) electrons. The smallest absolute Gasteiger partial charge is 0.423 e. The van der Waals surface area contributed by atoms with Crippen molar-refractivity contribution < 1.29 is 27.8 Å². The van der Waals surface area contributed by atoms with E-state index in [0.29, 0.717) is 10.8 Å². The monoisotopic (exact) mass is 373 g/mol. The van der Waals surface area contributed by atoms with E-state index in [1.807, 2.05) is 5.32 Å². The Labute approximate surface area is 147 Å². The van der Waals surface area contributed by atoms with E-state index in [1.165, 1.54) is 30.3 Å². The molecule has 0 spiro atoms. The van der Waals surface area contributed by atoms with Crippen LogP contribution >= 0.6 is 11.6 Å². The first-order chi connectivity index (χ1) is 11.7. The highest BCUT2D eigenvalue weighted by molar-refractivity contribution is 6.30. The predicted octanol–water partition coefficient (Wildman–Crippen LogP) is 3.29. The number of rotatable bonds is 6. The second-order valence-electron chi connectivity index (χ2n) is 5.24. The normalized spacial score (nSPS) is 13.8. The summed E-state index contributed by atoms with van der Waals surface area (Å²) < 4.78 is 45.0. The molecule has 2 rings (SSSR count). The molecule has 0 fully saturated rings. The fourth-order valence-corrected chi connectivity index (χ4v) is 2.16. The van der Waals surface area contributed by atoms with E-state index in [1.54, 1.807) is 12.1 Å². The molecule has 0 aliphatic carbocycles. The van der Waals surface area contributed by atoms with Crippen molar-refractivity contribution in [3.8, 4) is 5.75 Å². The van der Waals surface area contributed by atoms with Crippen molar-refractivity contribution in [2.45, 2.75) is 11.8 Å². The number of benzene rings is 2. The molecule has 0 heterocycles. The third-order valence-electron chi connectivity index (χ3n) is 3.45. The first-order valence-electron chi connectivity index (χ1n) is 7.22. The Kier molecular flexibility index (Phi) is 5.92. The first-order valence-corrected chi connectivity index (χ1v) is 7.60. The highest BCUT2D eigenvalue weighted by atomic mass is 35.5. The minimum absolute atomic E-state index is 0.341. The van der Waals surface area contributed by atoms with Crippen LogP contribution in [-0.4, -0.2) is 30.3 Å². The lowest BCUT2D eigenvalue weighted by atomic mass is 9.93. The zero-order valence-electron chi connectivity index (χ0n) is 12.9. The molecule has 2 N–H and O–H groups in total.